The predicted molar refractivity (Wildman–Crippen MR) is 75.4 cm³/mol. The van der Waals surface area contributed by atoms with Crippen LogP contribution >= 0.6 is 15.9 Å². The first-order valence-corrected chi connectivity index (χ1v) is 6.60. The van der Waals surface area contributed by atoms with E-state index in [0.29, 0.717) is 6.54 Å². The number of methoxy groups -OCH3 is 1. The highest BCUT2D eigenvalue weighted by Crippen LogP contribution is 2.22. The summed E-state index contributed by atoms with van der Waals surface area (Å²) in [7, 11) is 1.63. The molecular formula is C13H19BrN2O2. The van der Waals surface area contributed by atoms with E-state index >= 15 is 0 Å². The van der Waals surface area contributed by atoms with Crippen molar-refractivity contribution in [1.82, 2.24) is 5.32 Å². The van der Waals surface area contributed by atoms with Crippen molar-refractivity contribution in [3.8, 4) is 5.75 Å². The van der Waals surface area contributed by atoms with Gasteiger partial charge in [-0.15, -0.1) is 0 Å². The zero-order valence-electron chi connectivity index (χ0n) is 10.9. The van der Waals surface area contributed by atoms with E-state index < -0.39 is 0 Å². The highest BCUT2D eigenvalue weighted by molar-refractivity contribution is 9.10. The molecule has 5 heteroatoms. The molecule has 100 valence electrons. The van der Waals surface area contributed by atoms with Gasteiger partial charge in [-0.3, -0.25) is 4.79 Å². The number of carbonyl (C=O) groups is 1. The molecule has 18 heavy (non-hydrogen) atoms. The standard InChI is InChI=1S/C13H19BrN2O2/c1-8(2)12(13(15)17)16-7-9-6-10(18-3)4-5-11(9)14/h4-6,8,12,16H,7H2,1-3H3,(H2,15,17). The summed E-state index contributed by atoms with van der Waals surface area (Å²) < 4.78 is 6.15. The maximum absolute atomic E-state index is 11.3. The van der Waals surface area contributed by atoms with Gasteiger partial charge in [0.2, 0.25) is 5.91 Å². The van der Waals surface area contributed by atoms with Crippen LogP contribution < -0.4 is 15.8 Å². The third-order valence-corrected chi connectivity index (χ3v) is 3.51. The molecule has 0 bridgehead atoms. The fourth-order valence-corrected chi connectivity index (χ4v) is 2.09. The molecule has 0 aromatic heterocycles. The monoisotopic (exact) mass is 314 g/mol. The summed E-state index contributed by atoms with van der Waals surface area (Å²) in [6.45, 7) is 4.48. The number of hydrogen-bond acceptors (Lipinski definition) is 3. The zero-order chi connectivity index (χ0) is 13.7. The van der Waals surface area contributed by atoms with E-state index in [1.165, 1.54) is 0 Å². The Morgan fingerprint density at radius 2 is 2.17 bits per heavy atom. The molecule has 0 saturated heterocycles. The summed E-state index contributed by atoms with van der Waals surface area (Å²) in [6.07, 6.45) is 0. The van der Waals surface area contributed by atoms with Crippen molar-refractivity contribution in [1.29, 1.82) is 0 Å². The van der Waals surface area contributed by atoms with Crippen molar-refractivity contribution in [2.75, 3.05) is 7.11 Å². The Bertz CT molecular complexity index is 421. The lowest BCUT2D eigenvalue weighted by Gasteiger charge is -2.19. The molecule has 0 heterocycles. The van der Waals surface area contributed by atoms with Crippen LogP contribution in [0.1, 0.15) is 19.4 Å². The Kier molecular flexibility index (Phi) is 5.62. The summed E-state index contributed by atoms with van der Waals surface area (Å²) in [5, 5.41) is 3.17. The van der Waals surface area contributed by atoms with E-state index in [-0.39, 0.29) is 17.9 Å². The number of benzene rings is 1. The smallest absolute Gasteiger partial charge is 0.234 e. The summed E-state index contributed by atoms with van der Waals surface area (Å²) in [4.78, 5) is 11.3. The molecule has 0 saturated carbocycles. The first-order chi connectivity index (χ1) is 8.45. The number of nitrogens with one attached hydrogen (secondary N) is 1. The lowest BCUT2D eigenvalue weighted by Crippen LogP contribution is -2.44. The Morgan fingerprint density at radius 1 is 1.50 bits per heavy atom. The van der Waals surface area contributed by atoms with Gasteiger partial charge in [-0.25, -0.2) is 0 Å². The molecule has 4 nitrogen and oxygen atoms in total. The summed E-state index contributed by atoms with van der Waals surface area (Å²) >= 11 is 3.47. The first-order valence-electron chi connectivity index (χ1n) is 5.80. The van der Waals surface area contributed by atoms with E-state index in [1.807, 2.05) is 32.0 Å². The van der Waals surface area contributed by atoms with Gasteiger partial charge in [-0.2, -0.15) is 0 Å². The van der Waals surface area contributed by atoms with E-state index in [9.17, 15) is 4.79 Å². The van der Waals surface area contributed by atoms with Crippen molar-refractivity contribution >= 4 is 21.8 Å². The van der Waals surface area contributed by atoms with Gasteiger partial charge < -0.3 is 15.8 Å². The number of amides is 1. The summed E-state index contributed by atoms with van der Waals surface area (Å²) in [5.74, 6) is 0.617. The predicted octanol–water partition coefficient (Wildman–Crippen LogP) is 2.06. The van der Waals surface area contributed by atoms with Gasteiger partial charge >= 0.3 is 0 Å². The number of rotatable bonds is 6. The first kappa shape index (κ1) is 15.0. The van der Waals surface area contributed by atoms with E-state index in [0.717, 1.165) is 15.8 Å². The van der Waals surface area contributed by atoms with Crippen LogP contribution in [0, 0.1) is 5.92 Å². The molecule has 1 aromatic rings. The zero-order valence-corrected chi connectivity index (χ0v) is 12.5. The van der Waals surface area contributed by atoms with Crippen LogP contribution in [0.25, 0.3) is 0 Å². The van der Waals surface area contributed by atoms with Gasteiger partial charge in [0.15, 0.2) is 0 Å². The van der Waals surface area contributed by atoms with Crippen LogP contribution in [0.4, 0.5) is 0 Å². The third kappa shape index (κ3) is 3.99. The third-order valence-electron chi connectivity index (χ3n) is 2.74. The number of carbonyl (C=O) groups excluding carboxylic acids is 1. The molecule has 0 spiro atoms. The molecular weight excluding hydrogens is 296 g/mol. The topological polar surface area (TPSA) is 64.3 Å². The Labute approximate surface area is 116 Å². The molecule has 0 aliphatic carbocycles. The molecule has 1 unspecified atom stereocenters. The number of primary amides is 1. The van der Waals surface area contributed by atoms with Gasteiger partial charge in [-0.1, -0.05) is 29.8 Å². The second-order valence-corrected chi connectivity index (χ2v) is 5.32. The van der Waals surface area contributed by atoms with Gasteiger partial charge in [0, 0.05) is 11.0 Å². The van der Waals surface area contributed by atoms with Gasteiger partial charge in [-0.05, 0) is 29.7 Å². The average Bonchev–Trinajstić information content (AvgIpc) is 2.30. The molecule has 3 N–H and O–H groups in total. The van der Waals surface area contributed by atoms with Crippen molar-refractivity contribution in [3.63, 3.8) is 0 Å². The number of hydrogen-bond donors (Lipinski definition) is 2. The minimum absolute atomic E-state index is 0.159. The average molecular weight is 315 g/mol. The Balaban J connectivity index is 2.75. The normalized spacial score (nSPS) is 12.5. The highest BCUT2D eigenvalue weighted by atomic mass is 79.9. The van der Waals surface area contributed by atoms with Crippen LogP contribution in [0.2, 0.25) is 0 Å². The molecule has 1 aromatic carbocycles. The minimum Gasteiger partial charge on any atom is -0.497 e. The lowest BCUT2D eigenvalue weighted by molar-refractivity contribution is -0.121. The number of nitrogens with two attached hydrogens (primary N) is 1. The van der Waals surface area contributed by atoms with E-state index in [1.54, 1.807) is 7.11 Å². The molecule has 1 rings (SSSR count). The van der Waals surface area contributed by atoms with Crippen LogP contribution in [0.3, 0.4) is 0 Å². The quantitative estimate of drug-likeness (QED) is 0.844. The highest BCUT2D eigenvalue weighted by Gasteiger charge is 2.18. The molecule has 1 amide bonds. The second kappa shape index (κ2) is 6.75. The Hall–Kier alpha value is -1.07. The summed E-state index contributed by atoms with van der Waals surface area (Å²) in [6, 6.07) is 5.39. The van der Waals surface area contributed by atoms with Crippen molar-refractivity contribution in [3.05, 3.63) is 28.2 Å². The fraction of sp³-hybridized carbons (Fsp3) is 0.462. The minimum atomic E-state index is -0.330. The van der Waals surface area contributed by atoms with Gasteiger partial charge in [0.1, 0.15) is 5.75 Å². The van der Waals surface area contributed by atoms with E-state index in [2.05, 4.69) is 21.2 Å². The lowest BCUT2D eigenvalue weighted by atomic mass is 10.0. The van der Waals surface area contributed by atoms with Crippen molar-refractivity contribution < 1.29 is 9.53 Å². The summed E-state index contributed by atoms with van der Waals surface area (Å²) in [5.41, 5.74) is 6.39. The molecule has 1 atom stereocenters. The molecule has 0 fully saturated rings. The SMILES string of the molecule is COc1ccc(Br)c(CNC(C(N)=O)C(C)C)c1. The maximum atomic E-state index is 11.3. The van der Waals surface area contributed by atoms with Crippen LogP contribution in [0.15, 0.2) is 22.7 Å². The van der Waals surface area contributed by atoms with Gasteiger partial charge in [0.05, 0.1) is 13.2 Å². The molecule has 0 radical (unpaired) electrons. The van der Waals surface area contributed by atoms with Crippen LogP contribution in [0.5, 0.6) is 5.75 Å². The second-order valence-electron chi connectivity index (χ2n) is 4.46. The fourth-order valence-electron chi connectivity index (χ4n) is 1.70. The van der Waals surface area contributed by atoms with Crippen molar-refractivity contribution in [2.45, 2.75) is 26.4 Å². The Morgan fingerprint density at radius 3 is 2.67 bits per heavy atom. The maximum Gasteiger partial charge on any atom is 0.234 e. The molecule has 0 aliphatic heterocycles. The van der Waals surface area contributed by atoms with Crippen molar-refractivity contribution in [2.24, 2.45) is 11.7 Å². The van der Waals surface area contributed by atoms with Crippen LogP contribution in [-0.4, -0.2) is 19.1 Å². The van der Waals surface area contributed by atoms with Crippen LogP contribution in [-0.2, 0) is 11.3 Å². The number of ether oxygens (including phenoxy) is 1. The van der Waals surface area contributed by atoms with E-state index in [4.69, 9.17) is 10.5 Å². The van der Waals surface area contributed by atoms with Gasteiger partial charge in [0.25, 0.3) is 0 Å². The molecule has 0 aliphatic rings. The largest absolute Gasteiger partial charge is 0.497 e. The number of halogens is 1.